The fourth-order valence-electron chi connectivity index (χ4n) is 2.34. The summed E-state index contributed by atoms with van der Waals surface area (Å²) in [6.45, 7) is 3.68. The van der Waals surface area contributed by atoms with E-state index >= 15 is 0 Å². The van der Waals surface area contributed by atoms with Gasteiger partial charge >= 0.3 is 0 Å². The highest BCUT2D eigenvalue weighted by Crippen LogP contribution is 2.34. The van der Waals surface area contributed by atoms with Crippen LogP contribution in [-0.2, 0) is 16.1 Å². The Kier molecular flexibility index (Phi) is 3.73. The van der Waals surface area contributed by atoms with E-state index in [2.05, 4.69) is 15.6 Å². The van der Waals surface area contributed by atoms with Gasteiger partial charge in [0.15, 0.2) is 0 Å². The van der Waals surface area contributed by atoms with Crippen molar-refractivity contribution in [1.29, 1.82) is 0 Å². The molecule has 1 aliphatic heterocycles. The summed E-state index contributed by atoms with van der Waals surface area (Å²) in [6, 6.07) is 9.01. The summed E-state index contributed by atoms with van der Waals surface area (Å²) in [4.78, 5) is 28.7. The Morgan fingerprint density at radius 3 is 2.78 bits per heavy atom. The minimum Gasteiger partial charge on any atom is -0.466 e. The molecule has 2 aromatic rings. The molecule has 1 aliphatic rings. The van der Waals surface area contributed by atoms with E-state index in [1.54, 1.807) is 30.6 Å². The molecule has 0 aliphatic carbocycles. The summed E-state index contributed by atoms with van der Waals surface area (Å²) in [7, 11) is 0. The largest absolute Gasteiger partial charge is 0.466 e. The third kappa shape index (κ3) is 2.88. The molecule has 1 atom stereocenters. The number of anilines is 1. The molecule has 1 aromatic carbocycles. The van der Waals surface area contributed by atoms with Gasteiger partial charge in [-0.15, -0.1) is 0 Å². The van der Waals surface area contributed by atoms with Gasteiger partial charge in [-0.25, -0.2) is 0 Å². The van der Waals surface area contributed by atoms with E-state index in [0.717, 1.165) is 11.1 Å². The highest BCUT2D eigenvalue weighted by molar-refractivity contribution is 6.15. The van der Waals surface area contributed by atoms with Crippen molar-refractivity contribution in [2.75, 3.05) is 5.32 Å². The number of ether oxygens (including phenoxy) is 1. The molecular weight excluding hydrogens is 294 g/mol. The van der Waals surface area contributed by atoms with Crippen molar-refractivity contribution in [2.45, 2.75) is 26.0 Å². The van der Waals surface area contributed by atoms with Gasteiger partial charge in [0.25, 0.3) is 17.4 Å². The van der Waals surface area contributed by atoms with Crippen LogP contribution in [0.15, 0.2) is 42.7 Å². The summed E-state index contributed by atoms with van der Waals surface area (Å²) >= 11 is 0. The Bertz CT molecular complexity index is 761. The number of nitrogens with zero attached hydrogens (tertiary/aromatic N) is 1. The second-order valence-electron chi connectivity index (χ2n) is 5.63. The van der Waals surface area contributed by atoms with Gasteiger partial charge in [-0.05, 0) is 49.2 Å². The first-order valence-corrected chi connectivity index (χ1v) is 7.27. The maximum atomic E-state index is 12.5. The number of rotatable bonds is 3. The molecular formula is C17H17N3O3. The first-order valence-electron chi connectivity index (χ1n) is 7.27. The molecule has 2 N–H and O–H groups in total. The number of hydrogen-bond donors (Lipinski definition) is 2. The van der Waals surface area contributed by atoms with Crippen LogP contribution in [0.4, 0.5) is 5.69 Å². The first kappa shape index (κ1) is 15.0. The number of carbonyl (C=O) groups is 2. The zero-order valence-corrected chi connectivity index (χ0v) is 12.9. The van der Waals surface area contributed by atoms with Crippen LogP contribution in [0.3, 0.4) is 0 Å². The average Bonchev–Trinajstić information content (AvgIpc) is 2.55. The number of hydrogen-bond acceptors (Lipinski definition) is 4. The van der Waals surface area contributed by atoms with E-state index in [-0.39, 0.29) is 0 Å². The average molecular weight is 311 g/mol. The lowest BCUT2D eigenvalue weighted by Gasteiger charge is -2.33. The van der Waals surface area contributed by atoms with Crippen LogP contribution in [0.1, 0.15) is 18.1 Å². The topological polar surface area (TPSA) is 80.3 Å². The molecule has 0 saturated heterocycles. The third-order valence-corrected chi connectivity index (χ3v) is 3.77. The zero-order valence-electron chi connectivity index (χ0n) is 12.9. The summed E-state index contributed by atoms with van der Waals surface area (Å²) in [5, 5.41) is 5.46. The molecule has 0 fully saturated rings. The van der Waals surface area contributed by atoms with E-state index in [9.17, 15) is 9.59 Å². The number of pyridine rings is 1. The number of nitrogens with one attached hydrogen (secondary N) is 2. The fourth-order valence-corrected chi connectivity index (χ4v) is 2.34. The third-order valence-electron chi connectivity index (χ3n) is 3.77. The Labute approximate surface area is 133 Å². The van der Waals surface area contributed by atoms with Crippen LogP contribution in [0, 0.1) is 6.92 Å². The first-order chi connectivity index (χ1) is 11.0. The van der Waals surface area contributed by atoms with Crippen molar-refractivity contribution in [3.05, 3.63) is 53.9 Å². The van der Waals surface area contributed by atoms with Crippen LogP contribution in [-0.4, -0.2) is 22.4 Å². The highest BCUT2D eigenvalue weighted by Gasteiger charge is 2.47. The van der Waals surface area contributed by atoms with Crippen LogP contribution in [0.5, 0.6) is 5.75 Å². The number of fused-ring (bicyclic) bond motifs is 1. The number of carbonyl (C=O) groups excluding carboxylic acids is 2. The second-order valence-corrected chi connectivity index (χ2v) is 5.63. The Hall–Kier alpha value is -2.89. The predicted molar refractivity (Wildman–Crippen MR) is 84.9 cm³/mol. The summed E-state index contributed by atoms with van der Waals surface area (Å²) < 4.78 is 5.70. The van der Waals surface area contributed by atoms with Crippen molar-refractivity contribution in [3.63, 3.8) is 0 Å². The molecule has 0 saturated carbocycles. The second kappa shape index (κ2) is 5.72. The zero-order chi connectivity index (χ0) is 16.4. The maximum Gasteiger partial charge on any atom is 0.278 e. The van der Waals surface area contributed by atoms with Gasteiger partial charge in [-0.3, -0.25) is 14.6 Å². The molecule has 0 bridgehead atoms. The van der Waals surface area contributed by atoms with Crippen LogP contribution >= 0.6 is 0 Å². The fraction of sp³-hybridized carbons (Fsp3) is 0.235. The lowest BCUT2D eigenvalue weighted by atomic mass is 10.0. The summed E-state index contributed by atoms with van der Waals surface area (Å²) in [5.41, 5.74) is 0.868. The predicted octanol–water partition coefficient (Wildman–Crippen LogP) is 1.80. The molecule has 6 heteroatoms. The van der Waals surface area contributed by atoms with E-state index in [1.165, 1.54) is 6.92 Å². The standard InChI is InChI=1S/C17H17N3O3/c1-11-3-4-14-13(9-11)20-16(22)17(2,23-14)15(21)19-10-12-5-7-18-8-6-12/h3-9H,10H2,1-2H3,(H,19,21)(H,20,22). The van der Waals surface area contributed by atoms with E-state index in [1.807, 2.05) is 19.1 Å². The molecule has 6 nitrogen and oxygen atoms in total. The minimum absolute atomic E-state index is 0.300. The summed E-state index contributed by atoms with van der Waals surface area (Å²) in [5.74, 6) is -0.488. The molecule has 0 spiro atoms. The van der Waals surface area contributed by atoms with Crippen molar-refractivity contribution >= 4 is 17.5 Å². The van der Waals surface area contributed by atoms with Gasteiger partial charge in [-0.1, -0.05) is 6.07 Å². The smallest absolute Gasteiger partial charge is 0.278 e. The van der Waals surface area contributed by atoms with Crippen LogP contribution in [0.25, 0.3) is 0 Å². The van der Waals surface area contributed by atoms with Crippen molar-refractivity contribution in [1.82, 2.24) is 10.3 Å². The number of aromatic nitrogens is 1. The molecule has 2 amide bonds. The van der Waals surface area contributed by atoms with Crippen LogP contribution < -0.4 is 15.4 Å². The van der Waals surface area contributed by atoms with Gasteiger partial charge in [0, 0.05) is 18.9 Å². The van der Waals surface area contributed by atoms with Gasteiger partial charge in [0.05, 0.1) is 5.69 Å². The molecule has 23 heavy (non-hydrogen) atoms. The van der Waals surface area contributed by atoms with Gasteiger partial charge in [0.1, 0.15) is 5.75 Å². The van der Waals surface area contributed by atoms with Gasteiger partial charge in [-0.2, -0.15) is 0 Å². The van der Waals surface area contributed by atoms with Crippen LogP contribution in [0.2, 0.25) is 0 Å². The number of amides is 2. The monoisotopic (exact) mass is 311 g/mol. The van der Waals surface area contributed by atoms with Gasteiger partial charge in [0.2, 0.25) is 0 Å². The Balaban J connectivity index is 1.77. The van der Waals surface area contributed by atoms with Crippen molar-refractivity contribution < 1.29 is 14.3 Å². The molecule has 2 heterocycles. The molecule has 0 radical (unpaired) electrons. The van der Waals surface area contributed by atoms with Gasteiger partial charge < -0.3 is 15.4 Å². The van der Waals surface area contributed by atoms with E-state index < -0.39 is 17.4 Å². The van der Waals surface area contributed by atoms with E-state index in [0.29, 0.717) is 18.0 Å². The molecule has 3 rings (SSSR count). The maximum absolute atomic E-state index is 12.5. The molecule has 118 valence electrons. The SMILES string of the molecule is Cc1ccc2c(c1)NC(=O)C(C)(C(=O)NCc1ccncc1)O2. The number of aryl methyl sites for hydroxylation is 1. The minimum atomic E-state index is -1.60. The quantitative estimate of drug-likeness (QED) is 0.847. The van der Waals surface area contributed by atoms with Crippen molar-refractivity contribution in [2.24, 2.45) is 0 Å². The summed E-state index contributed by atoms with van der Waals surface area (Å²) in [6.07, 6.45) is 3.29. The lowest BCUT2D eigenvalue weighted by molar-refractivity contribution is -0.146. The Morgan fingerprint density at radius 2 is 2.04 bits per heavy atom. The highest BCUT2D eigenvalue weighted by atomic mass is 16.5. The Morgan fingerprint density at radius 1 is 1.30 bits per heavy atom. The molecule has 1 aromatic heterocycles. The van der Waals surface area contributed by atoms with E-state index in [4.69, 9.17) is 4.74 Å². The lowest BCUT2D eigenvalue weighted by Crippen LogP contribution is -2.58. The number of benzene rings is 1. The molecule has 1 unspecified atom stereocenters. The van der Waals surface area contributed by atoms with Crippen molar-refractivity contribution in [3.8, 4) is 5.75 Å². The normalized spacial score (nSPS) is 19.3.